The topological polar surface area (TPSA) is 29.4 Å². The summed E-state index contributed by atoms with van der Waals surface area (Å²) in [5.41, 5.74) is 7.11. The summed E-state index contributed by atoms with van der Waals surface area (Å²) in [6.07, 6.45) is 6.51. The van der Waals surface area contributed by atoms with Crippen LogP contribution < -0.4 is 0 Å². The van der Waals surface area contributed by atoms with Crippen molar-refractivity contribution in [1.82, 2.24) is 0 Å². The van der Waals surface area contributed by atoms with Gasteiger partial charge in [-0.15, -0.1) is 0 Å². The molecule has 1 atom stereocenters. The second kappa shape index (κ2) is 7.92. The first-order valence-electron chi connectivity index (χ1n) is 10.2. The van der Waals surface area contributed by atoms with E-state index in [1.165, 1.54) is 0 Å². The normalized spacial score (nSPS) is 19.6. The summed E-state index contributed by atoms with van der Waals surface area (Å²) in [4.78, 5) is 18.0. The maximum absolute atomic E-state index is 13.0. The third-order valence-corrected chi connectivity index (χ3v) is 5.56. The molecule has 2 heteroatoms. The van der Waals surface area contributed by atoms with Gasteiger partial charge in [0.25, 0.3) is 0 Å². The Morgan fingerprint density at radius 1 is 0.733 bits per heavy atom. The van der Waals surface area contributed by atoms with E-state index < -0.39 is 0 Å². The second-order valence-corrected chi connectivity index (χ2v) is 7.57. The average molecular weight is 387 g/mol. The summed E-state index contributed by atoms with van der Waals surface area (Å²) in [6, 6.07) is 30.5. The van der Waals surface area contributed by atoms with Crippen molar-refractivity contribution in [2.24, 2.45) is 4.99 Å². The van der Waals surface area contributed by atoms with E-state index in [1.807, 2.05) is 72.8 Å². The van der Waals surface area contributed by atoms with Crippen LogP contribution in [0.15, 0.2) is 119 Å². The van der Waals surface area contributed by atoms with E-state index in [2.05, 4.69) is 30.3 Å². The first-order chi connectivity index (χ1) is 14.8. The van der Waals surface area contributed by atoms with Crippen molar-refractivity contribution in [2.45, 2.75) is 12.5 Å². The number of hydrogen-bond acceptors (Lipinski definition) is 2. The molecule has 0 fully saturated rings. The Hall–Kier alpha value is -3.78. The van der Waals surface area contributed by atoms with Gasteiger partial charge in [0.05, 0.1) is 11.8 Å². The van der Waals surface area contributed by atoms with Gasteiger partial charge in [-0.1, -0.05) is 91.0 Å². The van der Waals surface area contributed by atoms with E-state index >= 15 is 0 Å². The van der Waals surface area contributed by atoms with E-state index in [4.69, 9.17) is 4.99 Å². The van der Waals surface area contributed by atoms with Gasteiger partial charge in [0, 0.05) is 12.0 Å². The van der Waals surface area contributed by atoms with Gasteiger partial charge in [-0.3, -0.25) is 9.79 Å². The minimum Gasteiger partial charge on any atom is -0.290 e. The number of benzene rings is 3. The minimum absolute atomic E-state index is 0.0620. The molecule has 0 saturated heterocycles. The predicted octanol–water partition coefficient (Wildman–Crippen LogP) is 5.92. The molecule has 1 aliphatic carbocycles. The van der Waals surface area contributed by atoms with Crippen LogP contribution in [0, 0.1) is 0 Å². The molecule has 144 valence electrons. The van der Waals surface area contributed by atoms with Crippen molar-refractivity contribution < 1.29 is 4.79 Å². The molecule has 30 heavy (non-hydrogen) atoms. The first kappa shape index (κ1) is 18.3. The molecule has 0 bridgehead atoms. The quantitative estimate of drug-likeness (QED) is 0.513. The SMILES string of the molecule is O=C1C=C2C(c3ccccc3)=CC(c3ccccc3)=NC2CC1=Cc1ccccc1. The van der Waals surface area contributed by atoms with E-state index in [-0.39, 0.29) is 11.8 Å². The molecule has 0 amide bonds. The van der Waals surface area contributed by atoms with E-state index in [0.717, 1.165) is 39.1 Å². The van der Waals surface area contributed by atoms with Crippen LogP contribution in [-0.4, -0.2) is 17.5 Å². The van der Waals surface area contributed by atoms with E-state index in [9.17, 15) is 4.79 Å². The van der Waals surface area contributed by atoms with Gasteiger partial charge >= 0.3 is 0 Å². The van der Waals surface area contributed by atoms with Gasteiger partial charge in [-0.25, -0.2) is 0 Å². The number of carbonyl (C=O) groups is 1. The molecule has 3 aromatic rings. The Labute approximate surface area is 176 Å². The monoisotopic (exact) mass is 387 g/mol. The van der Waals surface area contributed by atoms with Gasteiger partial charge in [0.2, 0.25) is 0 Å². The zero-order valence-electron chi connectivity index (χ0n) is 16.5. The summed E-state index contributed by atoms with van der Waals surface area (Å²) in [7, 11) is 0. The Kier molecular flexibility index (Phi) is 4.82. The standard InChI is InChI=1S/C28H21NO/c30-28-19-25-24(21-12-6-2-7-13-21)18-26(22-14-8-3-9-15-22)29-27(25)17-23(28)16-20-10-4-1-5-11-20/h1-16,18-19,27H,17H2. The third-order valence-electron chi connectivity index (χ3n) is 5.56. The lowest BCUT2D eigenvalue weighted by Gasteiger charge is -2.29. The Morgan fingerprint density at radius 2 is 1.33 bits per heavy atom. The number of rotatable bonds is 3. The largest absolute Gasteiger partial charge is 0.290 e. The maximum Gasteiger partial charge on any atom is 0.182 e. The van der Waals surface area contributed by atoms with Gasteiger partial charge in [0.1, 0.15) is 0 Å². The molecule has 0 radical (unpaired) electrons. The smallest absolute Gasteiger partial charge is 0.182 e. The lowest BCUT2D eigenvalue weighted by Crippen LogP contribution is -2.25. The fraction of sp³-hybridized carbons (Fsp3) is 0.0714. The number of dihydropyridines is 1. The summed E-state index contributed by atoms with van der Waals surface area (Å²) in [5, 5.41) is 0. The van der Waals surface area contributed by atoms with Crippen LogP contribution in [0.4, 0.5) is 0 Å². The van der Waals surface area contributed by atoms with Gasteiger partial charge < -0.3 is 0 Å². The zero-order valence-corrected chi connectivity index (χ0v) is 16.5. The molecular weight excluding hydrogens is 366 g/mol. The second-order valence-electron chi connectivity index (χ2n) is 7.57. The number of fused-ring (bicyclic) bond motifs is 1. The highest BCUT2D eigenvalue weighted by atomic mass is 16.1. The highest BCUT2D eigenvalue weighted by Gasteiger charge is 2.30. The van der Waals surface area contributed by atoms with Crippen LogP contribution in [0.25, 0.3) is 11.6 Å². The van der Waals surface area contributed by atoms with Crippen LogP contribution in [-0.2, 0) is 4.79 Å². The summed E-state index contributed by atoms with van der Waals surface area (Å²) in [5.74, 6) is 0.0743. The lowest BCUT2D eigenvalue weighted by atomic mass is 9.80. The molecule has 3 aromatic carbocycles. The minimum atomic E-state index is -0.0620. The van der Waals surface area contributed by atoms with Crippen LogP contribution in [0.1, 0.15) is 23.1 Å². The number of hydrogen-bond donors (Lipinski definition) is 0. The van der Waals surface area contributed by atoms with E-state index in [0.29, 0.717) is 6.42 Å². The van der Waals surface area contributed by atoms with Crippen LogP contribution in [0.3, 0.4) is 0 Å². The number of ketones is 1. The molecule has 0 aromatic heterocycles. The average Bonchev–Trinajstić information content (AvgIpc) is 2.81. The van der Waals surface area contributed by atoms with Crippen molar-refractivity contribution in [2.75, 3.05) is 0 Å². The lowest BCUT2D eigenvalue weighted by molar-refractivity contribution is -0.111. The molecule has 2 nitrogen and oxygen atoms in total. The molecule has 0 spiro atoms. The summed E-state index contributed by atoms with van der Waals surface area (Å²) >= 11 is 0. The fourth-order valence-corrected chi connectivity index (χ4v) is 4.06. The predicted molar refractivity (Wildman–Crippen MR) is 123 cm³/mol. The van der Waals surface area contributed by atoms with Gasteiger partial charge in [-0.2, -0.15) is 0 Å². The maximum atomic E-state index is 13.0. The number of aliphatic imine (C=N–C) groups is 1. The van der Waals surface area contributed by atoms with Gasteiger partial charge in [0.15, 0.2) is 5.78 Å². The zero-order chi connectivity index (χ0) is 20.3. The van der Waals surface area contributed by atoms with Crippen LogP contribution in [0.5, 0.6) is 0 Å². The number of allylic oxidation sites excluding steroid dienone is 2. The highest BCUT2D eigenvalue weighted by Crippen LogP contribution is 2.37. The van der Waals surface area contributed by atoms with Crippen molar-refractivity contribution >= 4 is 23.1 Å². The molecule has 1 heterocycles. The van der Waals surface area contributed by atoms with Crippen LogP contribution >= 0.6 is 0 Å². The molecular formula is C28H21NO. The molecule has 1 aliphatic heterocycles. The number of carbonyl (C=O) groups excluding carboxylic acids is 1. The number of nitrogens with zero attached hydrogens (tertiary/aromatic N) is 1. The van der Waals surface area contributed by atoms with Crippen molar-refractivity contribution in [3.63, 3.8) is 0 Å². The Morgan fingerprint density at radius 3 is 2.00 bits per heavy atom. The Balaban J connectivity index is 1.61. The molecule has 2 aliphatic rings. The molecule has 5 rings (SSSR count). The molecule has 0 saturated carbocycles. The highest BCUT2D eigenvalue weighted by molar-refractivity contribution is 6.18. The first-order valence-corrected chi connectivity index (χ1v) is 10.2. The summed E-state index contributed by atoms with van der Waals surface area (Å²) in [6.45, 7) is 0. The fourth-order valence-electron chi connectivity index (χ4n) is 4.06. The van der Waals surface area contributed by atoms with Gasteiger partial charge in [-0.05, 0) is 46.1 Å². The van der Waals surface area contributed by atoms with Crippen molar-refractivity contribution in [3.05, 3.63) is 131 Å². The third kappa shape index (κ3) is 3.60. The van der Waals surface area contributed by atoms with E-state index in [1.54, 1.807) is 6.08 Å². The van der Waals surface area contributed by atoms with Crippen molar-refractivity contribution in [1.29, 1.82) is 0 Å². The van der Waals surface area contributed by atoms with Crippen molar-refractivity contribution in [3.8, 4) is 0 Å². The molecule has 0 N–H and O–H groups in total. The molecule has 1 unspecified atom stereocenters. The van der Waals surface area contributed by atoms with Crippen LogP contribution in [0.2, 0.25) is 0 Å². The summed E-state index contributed by atoms with van der Waals surface area (Å²) < 4.78 is 0. The Bertz CT molecular complexity index is 1200.